The number of ether oxygens (including phenoxy) is 2. The number of nitrogens with zero attached hydrogens (tertiary/aromatic N) is 1. The molecule has 5 nitrogen and oxygen atoms in total. The minimum atomic E-state index is -0.509. The monoisotopic (exact) mass is 262 g/mol. The van der Waals surface area contributed by atoms with Crippen LogP contribution in [0.15, 0.2) is 36.5 Å². The molecule has 102 valence electrons. The van der Waals surface area contributed by atoms with Gasteiger partial charge in [0.05, 0.1) is 24.8 Å². The van der Waals surface area contributed by atoms with Crippen molar-refractivity contribution in [2.75, 3.05) is 20.3 Å². The number of aromatic nitrogens is 1. The molecule has 0 fully saturated rings. The SMILES string of the molecule is COCC(N)C(CO)Oc1cccc2ncccc12. The first-order valence-corrected chi connectivity index (χ1v) is 6.12. The summed E-state index contributed by atoms with van der Waals surface area (Å²) in [6, 6.07) is 8.99. The Kier molecular flexibility index (Phi) is 4.68. The lowest BCUT2D eigenvalue weighted by molar-refractivity contribution is 0.0614. The third-order valence-electron chi connectivity index (χ3n) is 2.90. The van der Waals surface area contributed by atoms with E-state index in [0.717, 1.165) is 10.9 Å². The topological polar surface area (TPSA) is 77.6 Å². The molecule has 19 heavy (non-hydrogen) atoms. The molecule has 2 rings (SSSR count). The number of fused-ring (bicyclic) bond motifs is 1. The molecule has 3 N–H and O–H groups in total. The van der Waals surface area contributed by atoms with Gasteiger partial charge in [0, 0.05) is 18.7 Å². The maximum absolute atomic E-state index is 9.38. The van der Waals surface area contributed by atoms with Crippen molar-refractivity contribution in [3.63, 3.8) is 0 Å². The molecule has 2 unspecified atom stereocenters. The molecule has 0 aliphatic heterocycles. The van der Waals surface area contributed by atoms with Crippen LogP contribution in [0.5, 0.6) is 5.75 Å². The van der Waals surface area contributed by atoms with E-state index in [0.29, 0.717) is 12.4 Å². The lowest BCUT2D eigenvalue weighted by atomic mass is 10.1. The highest BCUT2D eigenvalue weighted by atomic mass is 16.5. The van der Waals surface area contributed by atoms with Crippen LogP contribution in [0.2, 0.25) is 0 Å². The molecule has 2 aromatic rings. The summed E-state index contributed by atoms with van der Waals surface area (Å²) in [5.41, 5.74) is 6.75. The first kappa shape index (κ1) is 13.7. The Hall–Kier alpha value is -1.69. The smallest absolute Gasteiger partial charge is 0.139 e. The Morgan fingerprint density at radius 1 is 1.32 bits per heavy atom. The standard InChI is InChI=1S/C14H18N2O3/c1-18-9-11(15)14(8-17)19-13-6-2-5-12-10(13)4-3-7-16-12/h2-7,11,14,17H,8-9,15H2,1H3. The zero-order chi connectivity index (χ0) is 13.7. The van der Waals surface area contributed by atoms with Crippen LogP contribution in [0.1, 0.15) is 0 Å². The molecular formula is C14H18N2O3. The van der Waals surface area contributed by atoms with Gasteiger partial charge in [0.1, 0.15) is 11.9 Å². The van der Waals surface area contributed by atoms with Crippen molar-refractivity contribution in [1.82, 2.24) is 4.98 Å². The van der Waals surface area contributed by atoms with Crippen molar-refractivity contribution in [2.45, 2.75) is 12.1 Å². The van der Waals surface area contributed by atoms with Gasteiger partial charge in [0.25, 0.3) is 0 Å². The van der Waals surface area contributed by atoms with E-state index >= 15 is 0 Å². The molecule has 0 saturated carbocycles. The van der Waals surface area contributed by atoms with Gasteiger partial charge in [0.15, 0.2) is 0 Å². The number of aliphatic hydroxyl groups excluding tert-OH is 1. The van der Waals surface area contributed by atoms with Crippen molar-refractivity contribution >= 4 is 10.9 Å². The highest BCUT2D eigenvalue weighted by Crippen LogP contribution is 2.24. The van der Waals surface area contributed by atoms with Crippen LogP contribution in [0.3, 0.4) is 0 Å². The Morgan fingerprint density at radius 3 is 2.89 bits per heavy atom. The minimum Gasteiger partial charge on any atom is -0.486 e. The van der Waals surface area contributed by atoms with E-state index in [4.69, 9.17) is 15.2 Å². The van der Waals surface area contributed by atoms with E-state index in [1.54, 1.807) is 13.3 Å². The van der Waals surface area contributed by atoms with Crippen molar-refractivity contribution in [2.24, 2.45) is 5.73 Å². The first-order valence-electron chi connectivity index (χ1n) is 6.12. The van der Waals surface area contributed by atoms with Crippen molar-refractivity contribution in [3.05, 3.63) is 36.5 Å². The molecule has 0 spiro atoms. The normalized spacial score (nSPS) is 14.3. The molecule has 0 amide bonds. The average Bonchev–Trinajstić information content (AvgIpc) is 2.45. The second-order valence-electron chi connectivity index (χ2n) is 4.28. The van der Waals surface area contributed by atoms with E-state index in [2.05, 4.69) is 4.98 Å². The average molecular weight is 262 g/mol. The highest BCUT2D eigenvalue weighted by molar-refractivity contribution is 5.84. The fraction of sp³-hybridized carbons (Fsp3) is 0.357. The number of rotatable bonds is 6. The molecule has 1 aromatic heterocycles. The van der Waals surface area contributed by atoms with Gasteiger partial charge in [-0.15, -0.1) is 0 Å². The molecule has 1 aromatic carbocycles. The largest absolute Gasteiger partial charge is 0.486 e. The highest BCUT2D eigenvalue weighted by Gasteiger charge is 2.19. The predicted octanol–water partition coefficient (Wildman–Crippen LogP) is 0.948. The lowest BCUT2D eigenvalue weighted by Crippen LogP contribution is -2.44. The summed E-state index contributed by atoms with van der Waals surface area (Å²) in [6.45, 7) is 0.162. The van der Waals surface area contributed by atoms with Gasteiger partial charge in [-0.25, -0.2) is 0 Å². The maximum Gasteiger partial charge on any atom is 0.139 e. The van der Waals surface area contributed by atoms with Gasteiger partial charge in [0.2, 0.25) is 0 Å². The van der Waals surface area contributed by atoms with Crippen LogP contribution >= 0.6 is 0 Å². The fourth-order valence-corrected chi connectivity index (χ4v) is 1.90. The maximum atomic E-state index is 9.38. The Bertz CT molecular complexity index is 528. The summed E-state index contributed by atoms with van der Waals surface area (Å²) in [4.78, 5) is 4.26. The first-order chi connectivity index (χ1) is 9.26. The van der Waals surface area contributed by atoms with Gasteiger partial charge >= 0.3 is 0 Å². The molecule has 0 saturated heterocycles. The lowest BCUT2D eigenvalue weighted by Gasteiger charge is -2.23. The molecule has 0 radical (unpaired) electrons. The van der Waals surface area contributed by atoms with Crippen LogP contribution < -0.4 is 10.5 Å². The quantitative estimate of drug-likeness (QED) is 0.810. The Labute approximate surface area is 112 Å². The van der Waals surface area contributed by atoms with E-state index in [-0.39, 0.29) is 12.6 Å². The summed E-state index contributed by atoms with van der Waals surface area (Å²) in [6.07, 6.45) is 1.22. The third-order valence-corrected chi connectivity index (χ3v) is 2.90. The van der Waals surface area contributed by atoms with Crippen LogP contribution in [0.4, 0.5) is 0 Å². The summed E-state index contributed by atoms with van der Waals surface area (Å²) < 4.78 is 10.8. The van der Waals surface area contributed by atoms with Gasteiger partial charge in [-0.2, -0.15) is 0 Å². The zero-order valence-electron chi connectivity index (χ0n) is 10.8. The van der Waals surface area contributed by atoms with Crippen molar-refractivity contribution in [1.29, 1.82) is 0 Å². The number of pyridine rings is 1. The minimum absolute atomic E-state index is 0.165. The number of methoxy groups -OCH3 is 1. The van der Waals surface area contributed by atoms with Gasteiger partial charge in [-0.05, 0) is 24.3 Å². The number of hydrogen-bond acceptors (Lipinski definition) is 5. The molecule has 0 bridgehead atoms. The number of aliphatic hydroxyl groups is 1. The Balaban J connectivity index is 2.24. The molecule has 0 aliphatic carbocycles. The van der Waals surface area contributed by atoms with E-state index in [1.807, 2.05) is 30.3 Å². The van der Waals surface area contributed by atoms with Crippen molar-refractivity contribution in [3.8, 4) is 5.75 Å². The van der Waals surface area contributed by atoms with E-state index < -0.39 is 6.10 Å². The van der Waals surface area contributed by atoms with Gasteiger partial charge in [-0.1, -0.05) is 6.07 Å². The molecular weight excluding hydrogens is 244 g/mol. The van der Waals surface area contributed by atoms with E-state index in [1.165, 1.54) is 0 Å². The molecule has 0 aliphatic rings. The van der Waals surface area contributed by atoms with Crippen LogP contribution in [-0.2, 0) is 4.74 Å². The molecule has 5 heteroatoms. The van der Waals surface area contributed by atoms with Gasteiger partial charge in [-0.3, -0.25) is 4.98 Å². The summed E-state index contributed by atoms with van der Waals surface area (Å²) in [7, 11) is 1.57. The summed E-state index contributed by atoms with van der Waals surface area (Å²) in [5.74, 6) is 0.663. The third kappa shape index (κ3) is 3.20. The summed E-state index contributed by atoms with van der Waals surface area (Å²) >= 11 is 0. The number of benzene rings is 1. The Morgan fingerprint density at radius 2 is 2.16 bits per heavy atom. The predicted molar refractivity (Wildman–Crippen MR) is 73.1 cm³/mol. The molecule has 2 atom stereocenters. The van der Waals surface area contributed by atoms with Crippen LogP contribution in [0.25, 0.3) is 10.9 Å². The van der Waals surface area contributed by atoms with Gasteiger partial charge < -0.3 is 20.3 Å². The number of nitrogens with two attached hydrogens (primary N) is 1. The zero-order valence-corrected chi connectivity index (χ0v) is 10.8. The van der Waals surface area contributed by atoms with Crippen molar-refractivity contribution < 1.29 is 14.6 Å². The van der Waals surface area contributed by atoms with Crippen LogP contribution in [-0.4, -0.2) is 42.6 Å². The second kappa shape index (κ2) is 6.47. The fourth-order valence-electron chi connectivity index (χ4n) is 1.90. The van der Waals surface area contributed by atoms with Crippen LogP contribution in [0, 0.1) is 0 Å². The number of hydrogen-bond donors (Lipinski definition) is 2. The summed E-state index contributed by atoms with van der Waals surface area (Å²) in [5, 5.41) is 10.3. The molecule has 1 heterocycles. The van der Waals surface area contributed by atoms with E-state index in [9.17, 15) is 5.11 Å². The second-order valence-corrected chi connectivity index (χ2v) is 4.28.